The summed E-state index contributed by atoms with van der Waals surface area (Å²) in [7, 11) is 0. The Balaban J connectivity index is 2.44. The molecule has 0 aliphatic rings. The number of hydrogen-bond donors (Lipinski definition) is 1. The molecule has 0 bridgehead atoms. The molecule has 2 aromatic carbocycles. The van der Waals surface area contributed by atoms with Crippen LogP contribution in [-0.4, -0.2) is 5.11 Å². The summed E-state index contributed by atoms with van der Waals surface area (Å²) in [6.45, 7) is 8.77. The number of aliphatic hydroxyl groups excluding tert-OH is 1. The van der Waals surface area contributed by atoms with Gasteiger partial charge in [-0.15, -0.1) is 0 Å². The molecule has 1 unspecified atom stereocenters. The first-order chi connectivity index (χ1) is 9.90. The highest BCUT2D eigenvalue weighted by Crippen LogP contribution is 2.32. The maximum atomic E-state index is 10.7. The Kier molecular flexibility index (Phi) is 5.44. The van der Waals surface area contributed by atoms with Crippen LogP contribution in [0.4, 0.5) is 0 Å². The summed E-state index contributed by atoms with van der Waals surface area (Å²) in [4.78, 5) is 0. The highest BCUT2D eigenvalue weighted by molar-refractivity contribution is 14.1. The molecule has 0 aliphatic carbocycles. The summed E-state index contributed by atoms with van der Waals surface area (Å²) in [6.07, 6.45) is -0.555. The second kappa shape index (κ2) is 6.93. The minimum absolute atomic E-state index is 0.400. The monoisotopic (exact) mass is 394 g/mol. The molecule has 1 atom stereocenters. The van der Waals surface area contributed by atoms with Gasteiger partial charge in [-0.3, -0.25) is 0 Å². The van der Waals surface area contributed by atoms with Gasteiger partial charge in [-0.05, 0) is 68.8 Å². The molecule has 1 N–H and O–H groups in total. The largest absolute Gasteiger partial charge is 0.384 e. The first-order valence-electron chi connectivity index (χ1n) is 7.47. The van der Waals surface area contributed by atoms with E-state index in [1.807, 2.05) is 24.3 Å². The van der Waals surface area contributed by atoms with E-state index in [9.17, 15) is 5.11 Å². The van der Waals surface area contributed by atoms with Crippen molar-refractivity contribution < 1.29 is 5.11 Å². The lowest BCUT2D eigenvalue weighted by atomic mass is 9.87. The second-order valence-electron chi connectivity index (χ2n) is 6.15. The molecule has 112 valence electrons. The smallest absolute Gasteiger partial charge is 0.104 e. The van der Waals surface area contributed by atoms with E-state index < -0.39 is 6.10 Å². The standard InChI is InChI=1S/C19H23IO/c1-12(2)15-7-10-17(18(11-15)13(3)4)19(21)14-5-8-16(20)9-6-14/h5-13,19,21H,1-4H3. The maximum Gasteiger partial charge on any atom is 0.104 e. The second-order valence-corrected chi connectivity index (χ2v) is 7.40. The van der Waals surface area contributed by atoms with Crippen molar-refractivity contribution >= 4 is 22.6 Å². The van der Waals surface area contributed by atoms with Crippen LogP contribution in [0.5, 0.6) is 0 Å². The molecule has 2 heteroatoms. The minimum atomic E-state index is -0.555. The molecule has 2 rings (SSSR count). The van der Waals surface area contributed by atoms with Crippen molar-refractivity contribution in [1.29, 1.82) is 0 Å². The van der Waals surface area contributed by atoms with Crippen LogP contribution in [0.1, 0.15) is 67.9 Å². The fourth-order valence-electron chi connectivity index (χ4n) is 2.53. The quantitative estimate of drug-likeness (QED) is 0.668. The molecule has 0 saturated carbocycles. The zero-order chi connectivity index (χ0) is 15.6. The zero-order valence-electron chi connectivity index (χ0n) is 13.1. The summed E-state index contributed by atoms with van der Waals surface area (Å²) in [5.41, 5.74) is 4.55. The van der Waals surface area contributed by atoms with Crippen LogP contribution >= 0.6 is 22.6 Å². The predicted octanol–water partition coefficient (Wildman–Crippen LogP) is 5.62. The Labute approximate surface area is 141 Å². The van der Waals surface area contributed by atoms with Gasteiger partial charge in [0.25, 0.3) is 0 Å². The van der Waals surface area contributed by atoms with Gasteiger partial charge < -0.3 is 5.11 Å². The SMILES string of the molecule is CC(C)c1ccc(C(O)c2ccc(I)cc2)c(C(C)C)c1. The highest BCUT2D eigenvalue weighted by atomic mass is 127. The summed E-state index contributed by atoms with van der Waals surface area (Å²) in [5.74, 6) is 0.907. The molecule has 0 fully saturated rings. The summed E-state index contributed by atoms with van der Waals surface area (Å²) in [5, 5.41) is 10.7. The van der Waals surface area contributed by atoms with E-state index in [4.69, 9.17) is 0 Å². The third-order valence-corrected chi connectivity index (χ3v) is 4.60. The molecule has 0 spiro atoms. The molecular formula is C19H23IO. The first-order valence-corrected chi connectivity index (χ1v) is 8.55. The molecule has 0 amide bonds. The number of hydrogen-bond acceptors (Lipinski definition) is 1. The average Bonchev–Trinajstić information content (AvgIpc) is 2.46. The summed E-state index contributed by atoms with van der Waals surface area (Å²) >= 11 is 2.28. The number of aliphatic hydroxyl groups is 1. The lowest BCUT2D eigenvalue weighted by Crippen LogP contribution is -2.06. The van der Waals surface area contributed by atoms with Crippen LogP contribution in [-0.2, 0) is 0 Å². The summed E-state index contributed by atoms with van der Waals surface area (Å²) in [6, 6.07) is 14.6. The maximum absolute atomic E-state index is 10.7. The molecule has 1 nitrogen and oxygen atoms in total. The van der Waals surface area contributed by atoms with Crippen molar-refractivity contribution in [1.82, 2.24) is 0 Å². The molecular weight excluding hydrogens is 371 g/mol. The fraction of sp³-hybridized carbons (Fsp3) is 0.368. The van der Waals surface area contributed by atoms with E-state index in [1.54, 1.807) is 0 Å². The average molecular weight is 394 g/mol. The molecule has 0 heterocycles. The van der Waals surface area contributed by atoms with Crippen LogP contribution in [0.3, 0.4) is 0 Å². The van der Waals surface area contributed by atoms with Crippen molar-refractivity contribution in [3.63, 3.8) is 0 Å². The van der Waals surface area contributed by atoms with Gasteiger partial charge >= 0.3 is 0 Å². The van der Waals surface area contributed by atoms with E-state index in [-0.39, 0.29) is 0 Å². The van der Waals surface area contributed by atoms with Gasteiger partial charge in [0, 0.05) is 3.57 Å². The molecule has 21 heavy (non-hydrogen) atoms. The van der Waals surface area contributed by atoms with Crippen LogP contribution in [0.2, 0.25) is 0 Å². The van der Waals surface area contributed by atoms with E-state index in [1.165, 1.54) is 14.7 Å². The van der Waals surface area contributed by atoms with Crippen LogP contribution in [0.25, 0.3) is 0 Å². The number of rotatable bonds is 4. The van der Waals surface area contributed by atoms with Gasteiger partial charge in [0.05, 0.1) is 0 Å². The van der Waals surface area contributed by atoms with Crippen molar-refractivity contribution in [3.8, 4) is 0 Å². The van der Waals surface area contributed by atoms with E-state index in [0.717, 1.165) is 11.1 Å². The Morgan fingerprint density at radius 1 is 0.762 bits per heavy atom. The van der Waals surface area contributed by atoms with Crippen LogP contribution in [0, 0.1) is 3.57 Å². The van der Waals surface area contributed by atoms with Crippen LogP contribution < -0.4 is 0 Å². The summed E-state index contributed by atoms with van der Waals surface area (Å²) < 4.78 is 1.18. The normalized spacial score (nSPS) is 13.0. The van der Waals surface area contributed by atoms with Gasteiger partial charge in [0.2, 0.25) is 0 Å². The third kappa shape index (κ3) is 3.86. The van der Waals surface area contributed by atoms with Gasteiger partial charge in [0.1, 0.15) is 6.10 Å². The molecule has 2 aromatic rings. The van der Waals surface area contributed by atoms with Gasteiger partial charge in [-0.2, -0.15) is 0 Å². The topological polar surface area (TPSA) is 20.2 Å². The van der Waals surface area contributed by atoms with E-state index >= 15 is 0 Å². The Morgan fingerprint density at radius 2 is 1.33 bits per heavy atom. The third-order valence-electron chi connectivity index (χ3n) is 3.88. The fourth-order valence-corrected chi connectivity index (χ4v) is 2.89. The highest BCUT2D eigenvalue weighted by Gasteiger charge is 2.17. The lowest BCUT2D eigenvalue weighted by Gasteiger charge is -2.20. The Morgan fingerprint density at radius 3 is 1.86 bits per heavy atom. The van der Waals surface area contributed by atoms with Crippen molar-refractivity contribution in [2.24, 2.45) is 0 Å². The predicted molar refractivity (Wildman–Crippen MR) is 97.8 cm³/mol. The van der Waals surface area contributed by atoms with Crippen molar-refractivity contribution in [2.45, 2.75) is 45.6 Å². The zero-order valence-corrected chi connectivity index (χ0v) is 15.3. The molecule has 0 saturated heterocycles. The number of halogens is 1. The van der Waals surface area contributed by atoms with Crippen molar-refractivity contribution in [3.05, 3.63) is 68.3 Å². The van der Waals surface area contributed by atoms with Gasteiger partial charge in [-0.25, -0.2) is 0 Å². The van der Waals surface area contributed by atoms with Gasteiger partial charge in [-0.1, -0.05) is 58.0 Å². The van der Waals surface area contributed by atoms with Crippen molar-refractivity contribution in [2.75, 3.05) is 0 Å². The van der Waals surface area contributed by atoms with Gasteiger partial charge in [0.15, 0.2) is 0 Å². The number of benzene rings is 2. The van der Waals surface area contributed by atoms with E-state index in [0.29, 0.717) is 11.8 Å². The Bertz CT molecular complexity index is 599. The molecule has 0 aliphatic heterocycles. The van der Waals surface area contributed by atoms with E-state index in [2.05, 4.69) is 68.5 Å². The Hall–Kier alpha value is -0.870. The van der Waals surface area contributed by atoms with Crippen LogP contribution in [0.15, 0.2) is 42.5 Å². The molecule has 0 radical (unpaired) electrons. The minimum Gasteiger partial charge on any atom is -0.384 e. The first kappa shape index (κ1) is 16.5. The molecule has 0 aromatic heterocycles. The lowest BCUT2D eigenvalue weighted by molar-refractivity contribution is 0.218.